The molecule has 2 aromatic carbocycles. The Balaban J connectivity index is 1.67. The second kappa shape index (κ2) is 10.7. The second-order valence-electron chi connectivity index (χ2n) is 8.77. The van der Waals surface area contributed by atoms with Crippen molar-refractivity contribution >= 4 is 29.1 Å². The Labute approximate surface area is 215 Å². The highest BCUT2D eigenvalue weighted by molar-refractivity contribution is 8.03. The van der Waals surface area contributed by atoms with Gasteiger partial charge in [-0.1, -0.05) is 59.8 Å². The molecule has 1 atom stereocenters. The summed E-state index contributed by atoms with van der Waals surface area (Å²) in [6.45, 7) is 7.73. The molecular formula is C29H27N3O3S. The molecule has 4 rings (SSSR count). The number of dihydropyridines is 1. The third kappa shape index (κ3) is 5.14. The summed E-state index contributed by atoms with van der Waals surface area (Å²) in [5.74, 6) is -0.418. The van der Waals surface area contributed by atoms with E-state index in [2.05, 4.69) is 16.7 Å². The van der Waals surface area contributed by atoms with Crippen molar-refractivity contribution in [2.75, 3.05) is 11.1 Å². The summed E-state index contributed by atoms with van der Waals surface area (Å²) in [6, 6.07) is 18.8. The Morgan fingerprint density at radius 3 is 2.36 bits per heavy atom. The van der Waals surface area contributed by atoms with Gasteiger partial charge in [0.25, 0.3) is 5.91 Å². The van der Waals surface area contributed by atoms with Crippen LogP contribution in [0.15, 0.2) is 87.1 Å². The monoisotopic (exact) mass is 497 g/mol. The fraction of sp³-hybridized carbons (Fsp3) is 0.207. The number of allylic oxidation sites excluding steroid dienone is 2. The van der Waals surface area contributed by atoms with Gasteiger partial charge in [-0.25, -0.2) is 0 Å². The summed E-state index contributed by atoms with van der Waals surface area (Å²) in [5, 5.41) is 17.0. The molecule has 0 fully saturated rings. The van der Waals surface area contributed by atoms with E-state index in [0.717, 1.165) is 22.4 Å². The first kappa shape index (κ1) is 25.1. The second-order valence-corrected chi connectivity index (χ2v) is 9.76. The molecule has 2 N–H and O–H groups in total. The standard InChI is InChI=1S/C29H27N3O3S/c1-17-13-18(2)27(19(3)14-17)32-28(34)25-20(4)31-29(22(15-30)26(25)24-11-8-12-35-24)36-16-23(33)21-9-6-5-7-10-21/h5-14,26,31H,16H2,1-4H3,(H,32,34)/t26-/m0/s1. The summed E-state index contributed by atoms with van der Waals surface area (Å²) >= 11 is 1.25. The molecule has 1 amide bonds. The highest BCUT2D eigenvalue weighted by Crippen LogP contribution is 2.41. The number of amides is 1. The highest BCUT2D eigenvalue weighted by atomic mass is 32.2. The molecule has 1 aromatic heterocycles. The van der Waals surface area contributed by atoms with Crippen molar-refractivity contribution < 1.29 is 14.0 Å². The van der Waals surface area contributed by atoms with E-state index in [1.165, 1.54) is 18.0 Å². The molecule has 0 aliphatic carbocycles. The van der Waals surface area contributed by atoms with E-state index in [1.54, 1.807) is 31.2 Å². The maximum atomic E-state index is 13.6. The third-order valence-corrected chi connectivity index (χ3v) is 7.10. The van der Waals surface area contributed by atoms with Crippen molar-refractivity contribution in [2.24, 2.45) is 0 Å². The number of nitrogens with zero attached hydrogens (tertiary/aromatic N) is 1. The fourth-order valence-electron chi connectivity index (χ4n) is 4.47. The first-order valence-electron chi connectivity index (χ1n) is 11.6. The van der Waals surface area contributed by atoms with Crippen LogP contribution in [0, 0.1) is 32.1 Å². The van der Waals surface area contributed by atoms with Crippen molar-refractivity contribution in [3.8, 4) is 6.07 Å². The summed E-state index contributed by atoms with van der Waals surface area (Å²) in [4.78, 5) is 26.3. The molecule has 1 aliphatic rings. The lowest BCUT2D eigenvalue weighted by Crippen LogP contribution is -2.31. The molecule has 0 saturated carbocycles. The normalized spacial score (nSPS) is 15.4. The van der Waals surface area contributed by atoms with Crippen molar-refractivity contribution in [3.63, 3.8) is 0 Å². The average molecular weight is 498 g/mol. The maximum Gasteiger partial charge on any atom is 0.254 e. The number of nitriles is 1. The Kier molecular flexibility index (Phi) is 7.47. The Morgan fingerprint density at radius 1 is 1.06 bits per heavy atom. The third-order valence-electron chi connectivity index (χ3n) is 6.08. The number of anilines is 1. The number of thioether (sulfide) groups is 1. The molecule has 2 heterocycles. The molecule has 0 unspecified atom stereocenters. The molecule has 7 heteroatoms. The SMILES string of the molecule is CC1=C(C(=O)Nc2c(C)cc(C)cc2C)[C@H](c2ccco2)C(C#N)=C(SCC(=O)c2ccccc2)N1. The molecular weight excluding hydrogens is 470 g/mol. The minimum absolute atomic E-state index is 0.0442. The molecule has 36 heavy (non-hydrogen) atoms. The lowest BCUT2D eigenvalue weighted by atomic mass is 9.85. The van der Waals surface area contributed by atoms with Crippen molar-refractivity contribution in [2.45, 2.75) is 33.6 Å². The van der Waals surface area contributed by atoms with Crippen LogP contribution in [0.2, 0.25) is 0 Å². The largest absolute Gasteiger partial charge is 0.468 e. The molecule has 0 spiro atoms. The van der Waals surface area contributed by atoms with E-state index < -0.39 is 5.92 Å². The van der Waals surface area contributed by atoms with Crippen LogP contribution in [-0.4, -0.2) is 17.4 Å². The summed E-state index contributed by atoms with van der Waals surface area (Å²) in [7, 11) is 0. The number of nitrogens with one attached hydrogen (secondary N) is 2. The quantitative estimate of drug-likeness (QED) is 0.380. The zero-order valence-electron chi connectivity index (χ0n) is 20.6. The van der Waals surface area contributed by atoms with Gasteiger partial charge in [0.1, 0.15) is 5.76 Å². The topological polar surface area (TPSA) is 95.1 Å². The summed E-state index contributed by atoms with van der Waals surface area (Å²) in [5.41, 5.74) is 5.74. The van der Waals surface area contributed by atoms with Crippen LogP contribution in [0.5, 0.6) is 0 Å². The van der Waals surface area contributed by atoms with Gasteiger partial charge in [-0.2, -0.15) is 5.26 Å². The van der Waals surface area contributed by atoms with Gasteiger partial charge in [-0.05, 0) is 51.0 Å². The molecule has 0 bridgehead atoms. The van der Waals surface area contributed by atoms with Crippen LogP contribution in [0.1, 0.15) is 45.7 Å². The van der Waals surface area contributed by atoms with Gasteiger partial charge in [-0.3, -0.25) is 9.59 Å². The van der Waals surface area contributed by atoms with Gasteiger partial charge in [0.05, 0.1) is 40.2 Å². The van der Waals surface area contributed by atoms with Gasteiger partial charge < -0.3 is 15.1 Å². The van der Waals surface area contributed by atoms with E-state index in [9.17, 15) is 14.9 Å². The average Bonchev–Trinajstić information content (AvgIpc) is 3.39. The molecule has 182 valence electrons. The first-order chi connectivity index (χ1) is 17.3. The van der Waals surface area contributed by atoms with Crippen LogP contribution in [0.4, 0.5) is 5.69 Å². The van der Waals surface area contributed by atoms with Gasteiger partial charge in [-0.15, -0.1) is 0 Å². The highest BCUT2D eigenvalue weighted by Gasteiger charge is 2.36. The number of rotatable bonds is 7. The van der Waals surface area contributed by atoms with Crippen LogP contribution in [0.25, 0.3) is 0 Å². The van der Waals surface area contributed by atoms with Crippen molar-refractivity contribution in [1.29, 1.82) is 5.26 Å². The summed E-state index contributed by atoms with van der Waals surface area (Å²) in [6.07, 6.45) is 1.53. The fourth-order valence-corrected chi connectivity index (χ4v) is 5.46. The smallest absolute Gasteiger partial charge is 0.254 e. The molecule has 0 saturated heterocycles. The Hall–Kier alpha value is -4.02. The number of Topliss-reactive ketones (excluding diaryl/α,β-unsaturated/α-hetero) is 1. The number of carbonyl (C=O) groups is 2. The number of hydrogen-bond acceptors (Lipinski definition) is 6. The van der Waals surface area contributed by atoms with Gasteiger partial charge >= 0.3 is 0 Å². The maximum absolute atomic E-state index is 13.6. The minimum Gasteiger partial charge on any atom is -0.468 e. The number of aryl methyl sites for hydroxylation is 3. The van der Waals surface area contributed by atoms with Crippen LogP contribution in [-0.2, 0) is 4.79 Å². The van der Waals surface area contributed by atoms with E-state index in [0.29, 0.717) is 33.2 Å². The predicted molar refractivity (Wildman–Crippen MR) is 142 cm³/mol. The Morgan fingerprint density at radius 2 is 1.75 bits per heavy atom. The molecule has 3 aromatic rings. The first-order valence-corrected chi connectivity index (χ1v) is 12.5. The van der Waals surface area contributed by atoms with Crippen LogP contribution in [0.3, 0.4) is 0 Å². The van der Waals surface area contributed by atoms with Gasteiger partial charge in [0, 0.05) is 16.9 Å². The number of carbonyl (C=O) groups excluding carboxylic acids is 2. The zero-order valence-corrected chi connectivity index (χ0v) is 21.5. The minimum atomic E-state index is -0.702. The van der Waals surface area contributed by atoms with Crippen molar-refractivity contribution in [3.05, 3.63) is 111 Å². The lowest BCUT2D eigenvalue weighted by molar-refractivity contribution is -0.113. The van der Waals surface area contributed by atoms with Crippen LogP contribution >= 0.6 is 11.8 Å². The van der Waals surface area contributed by atoms with Crippen molar-refractivity contribution in [1.82, 2.24) is 5.32 Å². The number of furan rings is 1. The number of ketones is 1. The molecule has 1 aliphatic heterocycles. The van der Waals surface area contributed by atoms with E-state index >= 15 is 0 Å². The zero-order chi connectivity index (χ0) is 25.8. The lowest BCUT2D eigenvalue weighted by Gasteiger charge is -2.28. The molecule has 0 radical (unpaired) electrons. The van der Waals surface area contributed by atoms with Gasteiger partial charge in [0.15, 0.2) is 5.78 Å². The van der Waals surface area contributed by atoms with E-state index in [1.807, 2.05) is 51.1 Å². The number of hydrogen-bond donors (Lipinski definition) is 2. The molecule has 6 nitrogen and oxygen atoms in total. The van der Waals surface area contributed by atoms with Gasteiger partial charge in [0.2, 0.25) is 0 Å². The summed E-state index contributed by atoms with van der Waals surface area (Å²) < 4.78 is 5.69. The van der Waals surface area contributed by atoms with E-state index in [4.69, 9.17) is 4.42 Å². The van der Waals surface area contributed by atoms with E-state index in [-0.39, 0.29) is 17.4 Å². The number of benzene rings is 2. The van der Waals surface area contributed by atoms with Crippen LogP contribution < -0.4 is 10.6 Å². The predicted octanol–water partition coefficient (Wildman–Crippen LogP) is 6.16. The Bertz CT molecular complexity index is 1390.